The average molecular weight is 453 g/mol. The van der Waals surface area contributed by atoms with E-state index in [9.17, 15) is 19.5 Å². The highest BCUT2D eigenvalue weighted by Crippen LogP contribution is 2.44. The maximum atomic E-state index is 12.6. The van der Waals surface area contributed by atoms with Gasteiger partial charge >= 0.3 is 12.1 Å². The molecule has 2 aromatic carbocycles. The third-order valence-corrected chi connectivity index (χ3v) is 6.55. The Hall–Kier alpha value is -3.39. The Bertz CT molecular complexity index is 1020. The van der Waals surface area contributed by atoms with Crippen LogP contribution in [0.2, 0.25) is 0 Å². The number of hydrogen-bond acceptors (Lipinski definition) is 5. The highest BCUT2D eigenvalue weighted by atomic mass is 16.5. The Labute approximate surface area is 192 Å². The van der Waals surface area contributed by atoms with Gasteiger partial charge in [-0.25, -0.2) is 9.59 Å². The molecule has 8 nitrogen and oxygen atoms in total. The van der Waals surface area contributed by atoms with E-state index in [1.54, 1.807) is 6.92 Å². The van der Waals surface area contributed by atoms with Gasteiger partial charge in [0.05, 0.1) is 6.54 Å². The molecule has 1 fully saturated rings. The molecule has 174 valence electrons. The first-order valence-corrected chi connectivity index (χ1v) is 11.0. The van der Waals surface area contributed by atoms with Crippen LogP contribution in [0.5, 0.6) is 0 Å². The summed E-state index contributed by atoms with van der Waals surface area (Å²) in [6.45, 7) is 2.21. The van der Waals surface area contributed by atoms with Gasteiger partial charge in [-0.1, -0.05) is 48.5 Å². The van der Waals surface area contributed by atoms with Crippen LogP contribution in [0.4, 0.5) is 4.79 Å². The Morgan fingerprint density at radius 2 is 1.73 bits per heavy atom. The Morgan fingerprint density at radius 3 is 2.27 bits per heavy atom. The van der Waals surface area contributed by atoms with Gasteiger partial charge in [0.15, 0.2) is 5.60 Å². The van der Waals surface area contributed by atoms with E-state index in [4.69, 9.17) is 9.47 Å². The normalized spacial score (nSPS) is 20.1. The number of rotatable bonds is 7. The number of carbonyl (C=O) groups excluding carboxylic acids is 2. The molecule has 1 heterocycles. The highest BCUT2D eigenvalue weighted by Gasteiger charge is 2.46. The number of carboxylic acid groups (broad SMARTS) is 1. The first-order chi connectivity index (χ1) is 15.8. The van der Waals surface area contributed by atoms with Crippen molar-refractivity contribution in [1.82, 2.24) is 10.2 Å². The fraction of sp³-hybridized carbons (Fsp3) is 0.400. The molecule has 33 heavy (non-hydrogen) atoms. The molecule has 2 N–H and O–H groups in total. The van der Waals surface area contributed by atoms with Crippen molar-refractivity contribution >= 4 is 18.0 Å². The summed E-state index contributed by atoms with van der Waals surface area (Å²) in [5, 5.41) is 12.1. The number of amides is 2. The van der Waals surface area contributed by atoms with E-state index in [1.807, 2.05) is 24.3 Å². The van der Waals surface area contributed by atoms with Crippen molar-refractivity contribution in [1.29, 1.82) is 0 Å². The van der Waals surface area contributed by atoms with Gasteiger partial charge in [-0.05, 0) is 29.2 Å². The molecular formula is C25H28N2O6. The van der Waals surface area contributed by atoms with E-state index in [2.05, 4.69) is 29.6 Å². The number of fused-ring (bicyclic) bond motifs is 3. The highest BCUT2D eigenvalue weighted by molar-refractivity contribution is 5.83. The summed E-state index contributed by atoms with van der Waals surface area (Å²) in [4.78, 5) is 38.0. The third-order valence-electron chi connectivity index (χ3n) is 6.55. The van der Waals surface area contributed by atoms with Crippen LogP contribution >= 0.6 is 0 Å². The quantitative estimate of drug-likeness (QED) is 0.669. The Kier molecular flexibility index (Phi) is 6.37. The summed E-state index contributed by atoms with van der Waals surface area (Å²) in [5.74, 6) is -1.35. The van der Waals surface area contributed by atoms with E-state index < -0.39 is 23.7 Å². The number of ether oxygens (including phenoxy) is 2. The number of nitrogens with one attached hydrogen (secondary N) is 1. The molecule has 0 radical (unpaired) electrons. The molecular weight excluding hydrogens is 424 g/mol. The number of aliphatic carboxylic acids is 1. The van der Waals surface area contributed by atoms with Gasteiger partial charge < -0.3 is 24.8 Å². The summed E-state index contributed by atoms with van der Waals surface area (Å²) in [6.07, 6.45) is -0.308. The van der Waals surface area contributed by atoms with Gasteiger partial charge in [0, 0.05) is 38.5 Å². The number of hydrogen-bond donors (Lipinski definition) is 2. The van der Waals surface area contributed by atoms with Crippen molar-refractivity contribution in [3.05, 3.63) is 59.7 Å². The number of methoxy groups -OCH3 is 1. The zero-order valence-corrected chi connectivity index (χ0v) is 18.7. The van der Waals surface area contributed by atoms with Crippen LogP contribution in [0.15, 0.2) is 48.5 Å². The average Bonchev–Trinajstić information content (AvgIpc) is 3.39. The lowest BCUT2D eigenvalue weighted by atomic mass is 9.98. The van der Waals surface area contributed by atoms with Crippen molar-refractivity contribution in [3.8, 4) is 11.1 Å². The van der Waals surface area contributed by atoms with Gasteiger partial charge in [0.1, 0.15) is 6.61 Å². The van der Waals surface area contributed by atoms with Crippen LogP contribution in [0.3, 0.4) is 0 Å². The van der Waals surface area contributed by atoms with E-state index in [0.717, 1.165) is 22.3 Å². The summed E-state index contributed by atoms with van der Waals surface area (Å²) >= 11 is 0. The van der Waals surface area contributed by atoms with Gasteiger partial charge in [-0.3, -0.25) is 4.79 Å². The lowest BCUT2D eigenvalue weighted by molar-refractivity contribution is -0.161. The maximum Gasteiger partial charge on any atom is 0.407 e. The number of likely N-dealkylation sites (tertiary alicyclic amines) is 1. The van der Waals surface area contributed by atoms with Crippen LogP contribution in [-0.4, -0.2) is 66.4 Å². The molecule has 0 saturated carbocycles. The monoisotopic (exact) mass is 452 g/mol. The number of carbonyl (C=O) groups is 3. The van der Waals surface area contributed by atoms with E-state index in [0.29, 0.717) is 6.54 Å². The predicted molar refractivity (Wildman–Crippen MR) is 121 cm³/mol. The standard InChI is InChI=1S/C25H28N2O6/c1-16(13-22(28)27-12-11-25(15-27,32-2)23(29)30)26-24(31)33-14-21-19-9-5-3-7-17(19)18-8-4-6-10-20(18)21/h3-10,16,21H,11-15H2,1-2H3,(H,26,31)(H,29,30). The second-order valence-corrected chi connectivity index (χ2v) is 8.64. The van der Waals surface area contributed by atoms with E-state index in [1.165, 1.54) is 12.0 Å². The number of nitrogens with zero attached hydrogens (tertiary/aromatic N) is 1. The minimum atomic E-state index is -1.36. The molecule has 1 aliphatic carbocycles. The lowest BCUT2D eigenvalue weighted by Gasteiger charge is -2.24. The van der Waals surface area contributed by atoms with Crippen LogP contribution in [-0.2, 0) is 19.1 Å². The summed E-state index contributed by atoms with van der Waals surface area (Å²) < 4.78 is 10.7. The largest absolute Gasteiger partial charge is 0.479 e. The summed E-state index contributed by atoms with van der Waals surface area (Å²) in [6, 6.07) is 15.7. The molecule has 0 spiro atoms. The van der Waals surface area contributed by atoms with Gasteiger partial charge in [0.25, 0.3) is 0 Å². The van der Waals surface area contributed by atoms with E-state index >= 15 is 0 Å². The van der Waals surface area contributed by atoms with Crippen molar-refractivity contribution in [2.24, 2.45) is 0 Å². The minimum Gasteiger partial charge on any atom is -0.479 e. The third kappa shape index (κ3) is 4.43. The molecule has 2 atom stereocenters. The number of alkyl carbamates (subject to hydrolysis) is 1. The molecule has 0 aromatic heterocycles. The molecule has 4 rings (SSSR count). The zero-order valence-electron chi connectivity index (χ0n) is 18.7. The molecule has 2 aliphatic rings. The molecule has 2 amide bonds. The number of benzene rings is 2. The van der Waals surface area contributed by atoms with E-state index in [-0.39, 0.29) is 37.8 Å². The minimum absolute atomic E-state index is 0.00463. The van der Waals surface area contributed by atoms with Crippen molar-refractivity contribution in [3.63, 3.8) is 0 Å². The fourth-order valence-electron chi connectivity index (χ4n) is 4.71. The molecule has 1 aliphatic heterocycles. The zero-order chi connectivity index (χ0) is 23.6. The number of carboxylic acids is 1. The topological polar surface area (TPSA) is 105 Å². The maximum absolute atomic E-state index is 12.6. The van der Waals surface area contributed by atoms with Crippen molar-refractivity contribution < 1.29 is 29.0 Å². The second-order valence-electron chi connectivity index (χ2n) is 8.64. The summed E-state index contributed by atoms with van der Waals surface area (Å²) in [5.41, 5.74) is 3.20. The molecule has 2 unspecified atom stereocenters. The second kappa shape index (κ2) is 9.23. The van der Waals surface area contributed by atoms with Gasteiger partial charge in [0.2, 0.25) is 5.91 Å². The van der Waals surface area contributed by atoms with Crippen LogP contribution < -0.4 is 5.32 Å². The molecule has 1 saturated heterocycles. The first kappa shape index (κ1) is 22.8. The molecule has 0 bridgehead atoms. The smallest absolute Gasteiger partial charge is 0.407 e. The van der Waals surface area contributed by atoms with Crippen LogP contribution in [0.1, 0.15) is 36.8 Å². The first-order valence-electron chi connectivity index (χ1n) is 11.0. The van der Waals surface area contributed by atoms with Crippen LogP contribution in [0.25, 0.3) is 11.1 Å². The lowest BCUT2D eigenvalue weighted by Crippen LogP contribution is -2.45. The molecule has 8 heteroatoms. The Balaban J connectivity index is 1.30. The SMILES string of the molecule is COC1(C(=O)O)CCN(C(=O)CC(C)NC(=O)OCC2c3ccccc3-c3ccccc32)C1. The van der Waals surface area contributed by atoms with Gasteiger partial charge in [-0.15, -0.1) is 0 Å². The van der Waals surface area contributed by atoms with Gasteiger partial charge in [-0.2, -0.15) is 0 Å². The summed E-state index contributed by atoms with van der Waals surface area (Å²) in [7, 11) is 1.34. The van der Waals surface area contributed by atoms with Crippen molar-refractivity contribution in [2.75, 3.05) is 26.8 Å². The predicted octanol–water partition coefficient (Wildman–Crippen LogP) is 3.01. The fourth-order valence-corrected chi connectivity index (χ4v) is 4.71. The molecule has 2 aromatic rings. The van der Waals surface area contributed by atoms with Crippen molar-refractivity contribution in [2.45, 2.75) is 37.3 Å². The Morgan fingerprint density at radius 1 is 1.12 bits per heavy atom. The van der Waals surface area contributed by atoms with Crippen LogP contribution in [0, 0.1) is 0 Å².